The Morgan fingerprint density at radius 3 is 2.42 bits per heavy atom. The Kier molecular flexibility index (Phi) is 3.35. The number of benzene rings is 3. The Bertz CT molecular complexity index is 902. The van der Waals surface area contributed by atoms with Crippen molar-refractivity contribution in [1.29, 1.82) is 0 Å². The number of ether oxygens (including phenoxy) is 2. The van der Waals surface area contributed by atoms with Crippen LogP contribution < -0.4 is 4.74 Å². The van der Waals surface area contributed by atoms with Crippen LogP contribution in [0.4, 0.5) is 0 Å². The van der Waals surface area contributed by atoms with Gasteiger partial charge in [0.15, 0.2) is 0 Å². The number of hydrogen-bond donors (Lipinski definition) is 0. The van der Waals surface area contributed by atoms with Crippen molar-refractivity contribution in [3.05, 3.63) is 101 Å². The van der Waals surface area contributed by atoms with Crippen molar-refractivity contribution in [2.45, 2.75) is 12.7 Å². The highest BCUT2D eigenvalue weighted by molar-refractivity contribution is 5.95. The van der Waals surface area contributed by atoms with Gasteiger partial charge in [0.25, 0.3) is 0 Å². The molecule has 0 fully saturated rings. The zero-order chi connectivity index (χ0) is 16.6. The minimum absolute atomic E-state index is 0.373. The Morgan fingerprint density at radius 2 is 1.62 bits per heavy atom. The topological polar surface area (TPSA) is 35.5 Å². The predicted octanol–water partition coefficient (Wildman–Crippen LogP) is 4.45. The molecule has 0 unspecified atom stereocenters. The number of carbonyl (C=O) groups is 1. The molecule has 1 aliphatic heterocycles. The van der Waals surface area contributed by atoms with E-state index in [1.807, 2.05) is 79.7 Å². The second kappa shape index (κ2) is 5.53. The normalized spacial score (nSPS) is 18.8. The fraction of sp³-hybridized carbons (Fsp3) is 0.0952. The van der Waals surface area contributed by atoms with Gasteiger partial charge in [-0.25, -0.2) is 4.79 Å². The van der Waals surface area contributed by atoms with Crippen LogP contribution >= 0.6 is 0 Å². The molecule has 4 rings (SSSR count). The van der Waals surface area contributed by atoms with Gasteiger partial charge in [0.1, 0.15) is 5.75 Å². The van der Waals surface area contributed by atoms with Gasteiger partial charge in [-0.3, -0.25) is 0 Å². The van der Waals surface area contributed by atoms with Crippen molar-refractivity contribution in [2.75, 3.05) is 0 Å². The van der Waals surface area contributed by atoms with Crippen molar-refractivity contribution < 1.29 is 14.3 Å². The zero-order valence-electron chi connectivity index (χ0n) is 13.2. The first kappa shape index (κ1) is 14.5. The Hall–Kier alpha value is -3.07. The standard InChI is InChI=1S/C21H16O3/c1-15-8-7-11-17(14-15)23-21(16-9-3-2-4-10-16)19-13-6-5-12-18(19)20(22)24-21/h2-14H,1H3/t21-/m1/s1. The molecule has 3 aromatic rings. The summed E-state index contributed by atoms with van der Waals surface area (Å²) in [6.45, 7) is 2.00. The lowest BCUT2D eigenvalue weighted by Crippen LogP contribution is -2.34. The summed E-state index contributed by atoms with van der Waals surface area (Å²) in [5.74, 6) is -0.978. The summed E-state index contributed by atoms with van der Waals surface area (Å²) in [6, 6.07) is 24.6. The van der Waals surface area contributed by atoms with Gasteiger partial charge in [-0.05, 0) is 36.8 Å². The lowest BCUT2D eigenvalue weighted by atomic mass is 9.95. The summed E-state index contributed by atoms with van der Waals surface area (Å²) in [7, 11) is 0. The van der Waals surface area contributed by atoms with Gasteiger partial charge in [0.2, 0.25) is 0 Å². The molecule has 0 N–H and O–H groups in total. The van der Waals surface area contributed by atoms with Gasteiger partial charge in [0, 0.05) is 5.56 Å². The van der Waals surface area contributed by atoms with E-state index in [1.165, 1.54) is 0 Å². The predicted molar refractivity (Wildman–Crippen MR) is 90.9 cm³/mol. The van der Waals surface area contributed by atoms with Gasteiger partial charge in [-0.1, -0.05) is 54.6 Å². The second-order valence-electron chi connectivity index (χ2n) is 5.84. The van der Waals surface area contributed by atoms with Crippen LogP contribution in [0.1, 0.15) is 27.0 Å². The Labute approximate surface area is 140 Å². The van der Waals surface area contributed by atoms with Crippen molar-refractivity contribution >= 4 is 5.97 Å². The highest BCUT2D eigenvalue weighted by atomic mass is 16.7. The van der Waals surface area contributed by atoms with E-state index < -0.39 is 5.79 Å². The maximum atomic E-state index is 12.4. The maximum absolute atomic E-state index is 12.4. The van der Waals surface area contributed by atoms with E-state index in [9.17, 15) is 4.79 Å². The molecule has 3 aromatic carbocycles. The van der Waals surface area contributed by atoms with Crippen LogP contribution in [0, 0.1) is 6.92 Å². The van der Waals surface area contributed by atoms with E-state index in [4.69, 9.17) is 9.47 Å². The molecule has 3 nitrogen and oxygen atoms in total. The highest BCUT2D eigenvalue weighted by Crippen LogP contribution is 2.43. The third kappa shape index (κ3) is 2.26. The van der Waals surface area contributed by atoms with Gasteiger partial charge < -0.3 is 9.47 Å². The van der Waals surface area contributed by atoms with E-state index in [-0.39, 0.29) is 5.97 Å². The molecule has 0 saturated heterocycles. The minimum atomic E-state index is -1.26. The number of rotatable bonds is 3. The first-order valence-corrected chi connectivity index (χ1v) is 7.83. The lowest BCUT2D eigenvalue weighted by Gasteiger charge is -2.30. The fourth-order valence-electron chi connectivity index (χ4n) is 3.04. The van der Waals surface area contributed by atoms with Gasteiger partial charge in [-0.2, -0.15) is 0 Å². The summed E-state index contributed by atoms with van der Waals surface area (Å²) < 4.78 is 12.1. The van der Waals surface area contributed by atoms with Crippen LogP contribution in [-0.4, -0.2) is 5.97 Å². The minimum Gasteiger partial charge on any atom is -0.444 e. The number of carbonyl (C=O) groups excluding carboxylic acids is 1. The molecule has 24 heavy (non-hydrogen) atoms. The number of esters is 1. The molecule has 3 heteroatoms. The van der Waals surface area contributed by atoms with Gasteiger partial charge in [0.05, 0.1) is 11.1 Å². The maximum Gasteiger partial charge on any atom is 0.342 e. The lowest BCUT2D eigenvalue weighted by molar-refractivity contribution is -0.108. The quantitative estimate of drug-likeness (QED) is 0.670. The first-order chi connectivity index (χ1) is 11.7. The fourth-order valence-corrected chi connectivity index (χ4v) is 3.04. The summed E-state index contributed by atoms with van der Waals surface area (Å²) in [5, 5.41) is 0. The Morgan fingerprint density at radius 1 is 0.875 bits per heavy atom. The SMILES string of the molecule is Cc1cccc(O[C@]2(c3ccccc3)OC(=O)c3ccccc32)c1. The zero-order valence-corrected chi connectivity index (χ0v) is 13.2. The molecule has 0 saturated carbocycles. The second-order valence-corrected chi connectivity index (χ2v) is 5.84. The molecule has 0 bridgehead atoms. The molecule has 0 aromatic heterocycles. The average Bonchev–Trinajstić information content (AvgIpc) is 2.89. The number of aryl methyl sites for hydroxylation is 1. The molecule has 0 spiro atoms. The van der Waals surface area contributed by atoms with Crippen molar-refractivity contribution in [1.82, 2.24) is 0 Å². The molecule has 0 aliphatic carbocycles. The third-order valence-electron chi connectivity index (χ3n) is 4.14. The third-order valence-corrected chi connectivity index (χ3v) is 4.14. The van der Waals surface area contributed by atoms with Crippen LogP contribution in [0.25, 0.3) is 0 Å². The summed E-state index contributed by atoms with van der Waals surface area (Å²) in [4.78, 5) is 12.4. The molecule has 118 valence electrons. The molecular weight excluding hydrogens is 300 g/mol. The van der Waals surface area contributed by atoms with Crippen molar-refractivity contribution in [3.8, 4) is 5.75 Å². The summed E-state index contributed by atoms with van der Waals surface area (Å²) in [6.07, 6.45) is 0. The molecule has 0 radical (unpaired) electrons. The number of cyclic esters (lactones) is 1. The molecular formula is C21H16O3. The summed E-state index contributed by atoms with van der Waals surface area (Å²) in [5.41, 5.74) is 3.12. The number of fused-ring (bicyclic) bond motifs is 1. The molecule has 1 aliphatic rings. The van der Waals surface area contributed by atoms with Crippen molar-refractivity contribution in [2.24, 2.45) is 0 Å². The largest absolute Gasteiger partial charge is 0.444 e. The van der Waals surface area contributed by atoms with Crippen LogP contribution in [0.5, 0.6) is 5.75 Å². The van der Waals surface area contributed by atoms with Gasteiger partial charge >= 0.3 is 11.8 Å². The van der Waals surface area contributed by atoms with Crippen LogP contribution in [0.3, 0.4) is 0 Å². The van der Waals surface area contributed by atoms with Crippen molar-refractivity contribution in [3.63, 3.8) is 0 Å². The molecule has 0 amide bonds. The van der Waals surface area contributed by atoms with Crippen LogP contribution in [0.2, 0.25) is 0 Å². The van der Waals surface area contributed by atoms with Crippen LogP contribution in [-0.2, 0) is 10.5 Å². The average molecular weight is 316 g/mol. The molecule has 1 heterocycles. The van der Waals surface area contributed by atoms with Gasteiger partial charge in [-0.15, -0.1) is 0 Å². The van der Waals surface area contributed by atoms with E-state index in [0.717, 1.165) is 16.7 Å². The van der Waals surface area contributed by atoms with E-state index in [0.29, 0.717) is 11.3 Å². The highest BCUT2D eigenvalue weighted by Gasteiger charge is 2.49. The Balaban J connectivity index is 1.91. The first-order valence-electron chi connectivity index (χ1n) is 7.83. The monoisotopic (exact) mass is 316 g/mol. The van der Waals surface area contributed by atoms with E-state index in [2.05, 4.69) is 0 Å². The summed E-state index contributed by atoms with van der Waals surface area (Å²) >= 11 is 0. The smallest absolute Gasteiger partial charge is 0.342 e. The van der Waals surface area contributed by atoms with E-state index in [1.54, 1.807) is 6.07 Å². The van der Waals surface area contributed by atoms with E-state index >= 15 is 0 Å². The molecule has 1 atom stereocenters. The number of hydrogen-bond acceptors (Lipinski definition) is 3. The van der Waals surface area contributed by atoms with Crippen LogP contribution in [0.15, 0.2) is 78.9 Å².